The van der Waals surface area contributed by atoms with Crippen LogP contribution in [0.25, 0.3) is 0 Å². The molecule has 0 saturated heterocycles. The van der Waals surface area contributed by atoms with Crippen LogP contribution < -0.4 is 0 Å². The smallest absolute Gasteiger partial charge is 0.301 e. The molecule has 0 atom stereocenters. The van der Waals surface area contributed by atoms with Gasteiger partial charge >= 0.3 is 5.91 Å². The van der Waals surface area contributed by atoms with Gasteiger partial charge in [-0.15, -0.1) is 6.42 Å². The highest BCUT2D eigenvalue weighted by Crippen LogP contribution is 1.79. The molecule has 0 aromatic carbocycles. The average molecular weight is 109 g/mol. The first kappa shape index (κ1) is 6.77. The van der Waals surface area contributed by atoms with E-state index in [9.17, 15) is 4.79 Å². The summed E-state index contributed by atoms with van der Waals surface area (Å²) in [6.45, 7) is 3.34. The minimum atomic E-state index is -0.375. The van der Waals surface area contributed by atoms with Crippen molar-refractivity contribution in [2.75, 3.05) is 7.05 Å². The van der Waals surface area contributed by atoms with E-state index in [2.05, 4.69) is 6.58 Å². The highest BCUT2D eigenvalue weighted by Gasteiger charge is 1.95. The van der Waals surface area contributed by atoms with Crippen LogP contribution in [0.1, 0.15) is 0 Å². The van der Waals surface area contributed by atoms with Gasteiger partial charge in [0.1, 0.15) is 0 Å². The Morgan fingerprint density at radius 3 is 2.62 bits per heavy atom. The third-order valence-electron chi connectivity index (χ3n) is 0.718. The van der Waals surface area contributed by atoms with E-state index in [1.807, 2.05) is 5.92 Å². The number of carbonyl (C=O) groups is 1. The number of carbonyl (C=O) groups excluding carboxylic acids is 1. The quantitative estimate of drug-likeness (QED) is 0.441. The molecule has 2 heteroatoms. The molecular weight excluding hydrogens is 102 g/mol. The van der Waals surface area contributed by atoms with Crippen LogP contribution in [0.15, 0.2) is 12.8 Å². The minimum absolute atomic E-state index is 0.375. The molecule has 1 amide bonds. The first-order chi connectivity index (χ1) is 3.72. The van der Waals surface area contributed by atoms with Crippen LogP contribution in [-0.4, -0.2) is 17.9 Å². The molecule has 0 aromatic heterocycles. The first-order valence-electron chi connectivity index (χ1n) is 2.08. The fourth-order valence-corrected chi connectivity index (χ4v) is 0.185. The Labute approximate surface area is 48.8 Å². The van der Waals surface area contributed by atoms with Crippen LogP contribution in [0.3, 0.4) is 0 Å². The summed E-state index contributed by atoms with van der Waals surface area (Å²) in [6, 6.07) is 0. The second-order valence-corrected chi connectivity index (χ2v) is 1.24. The van der Waals surface area contributed by atoms with E-state index in [-0.39, 0.29) is 5.91 Å². The number of hydrogen-bond acceptors (Lipinski definition) is 1. The van der Waals surface area contributed by atoms with Gasteiger partial charge in [0.2, 0.25) is 0 Å². The second kappa shape index (κ2) is 2.86. The highest BCUT2D eigenvalue weighted by atomic mass is 16.2. The summed E-state index contributed by atoms with van der Waals surface area (Å²) < 4.78 is 0. The summed E-state index contributed by atoms with van der Waals surface area (Å²) in [5.74, 6) is 1.56. The summed E-state index contributed by atoms with van der Waals surface area (Å²) in [7, 11) is 1.55. The van der Waals surface area contributed by atoms with Gasteiger partial charge < -0.3 is 4.90 Å². The van der Waals surface area contributed by atoms with E-state index in [4.69, 9.17) is 6.42 Å². The molecule has 0 fully saturated rings. The van der Waals surface area contributed by atoms with Crippen molar-refractivity contribution in [3.63, 3.8) is 0 Å². The van der Waals surface area contributed by atoms with Gasteiger partial charge in [0.05, 0.1) is 0 Å². The van der Waals surface area contributed by atoms with Gasteiger partial charge in [-0.25, -0.2) is 0 Å². The summed E-state index contributed by atoms with van der Waals surface area (Å²) in [6.07, 6.45) is 6.12. The Kier molecular flexibility index (Phi) is 2.42. The van der Waals surface area contributed by atoms with Crippen molar-refractivity contribution in [2.24, 2.45) is 0 Å². The summed E-state index contributed by atoms with van der Waals surface area (Å²) in [4.78, 5) is 11.6. The van der Waals surface area contributed by atoms with E-state index in [0.717, 1.165) is 0 Å². The maximum absolute atomic E-state index is 10.4. The van der Waals surface area contributed by atoms with Gasteiger partial charge in [-0.1, -0.05) is 6.58 Å². The van der Waals surface area contributed by atoms with Crippen LogP contribution in [0.4, 0.5) is 0 Å². The van der Waals surface area contributed by atoms with Gasteiger partial charge in [0.15, 0.2) is 0 Å². The number of amides is 1. The monoisotopic (exact) mass is 109 g/mol. The zero-order valence-electron chi connectivity index (χ0n) is 4.72. The third kappa shape index (κ3) is 1.48. The zero-order chi connectivity index (χ0) is 6.57. The van der Waals surface area contributed by atoms with Gasteiger partial charge in [0.25, 0.3) is 0 Å². The largest absolute Gasteiger partial charge is 0.312 e. The summed E-state index contributed by atoms with van der Waals surface area (Å²) in [5.41, 5.74) is 0. The molecule has 0 unspecified atom stereocenters. The lowest BCUT2D eigenvalue weighted by Crippen LogP contribution is -2.17. The Bertz CT molecular complexity index is 143. The number of terminal acetylenes is 1. The van der Waals surface area contributed by atoms with Crippen molar-refractivity contribution in [1.82, 2.24) is 4.90 Å². The van der Waals surface area contributed by atoms with Crippen molar-refractivity contribution in [1.29, 1.82) is 0 Å². The first-order valence-corrected chi connectivity index (χ1v) is 2.08. The molecule has 0 saturated carbocycles. The summed E-state index contributed by atoms with van der Waals surface area (Å²) in [5, 5.41) is 0. The molecule has 0 rings (SSSR count). The van der Waals surface area contributed by atoms with Gasteiger partial charge in [-0.05, 0) is 5.92 Å². The Morgan fingerprint density at radius 2 is 2.50 bits per heavy atom. The molecule has 0 radical (unpaired) electrons. The zero-order valence-corrected chi connectivity index (χ0v) is 4.72. The molecule has 2 nitrogen and oxygen atoms in total. The topological polar surface area (TPSA) is 20.3 Å². The van der Waals surface area contributed by atoms with Gasteiger partial charge in [0, 0.05) is 13.2 Å². The molecule has 0 aromatic rings. The molecule has 8 heavy (non-hydrogen) atoms. The van der Waals surface area contributed by atoms with Crippen LogP contribution in [0.5, 0.6) is 0 Å². The van der Waals surface area contributed by atoms with Gasteiger partial charge in [-0.3, -0.25) is 4.79 Å². The van der Waals surface area contributed by atoms with Crippen LogP contribution in [0.2, 0.25) is 0 Å². The maximum Gasteiger partial charge on any atom is 0.301 e. The fourth-order valence-electron chi connectivity index (χ4n) is 0.185. The minimum Gasteiger partial charge on any atom is -0.312 e. The van der Waals surface area contributed by atoms with Crippen molar-refractivity contribution in [2.45, 2.75) is 0 Å². The van der Waals surface area contributed by atoms with Crippen molar-refractivity contribution in [3.05, 3.63) is 12.8 Å². The molecule has 0 spiro atoms. The van der Waals surface area contributed by atoms with Gasteiger partial charge in [-0.2, -0.15) is 0 Å². The molecule has 0 aliphatic rings. The number of nitrogens with zero attached hydrogens (tertiary/aromatic N) is 1. The highest BCUT2D eigenvalue weighted by molar-refractivity contribution is 5.93. The molecule has 0 aliphatic carbocycles. The molecule has 0 bridgehead atoms. The maximum atomic E-state index is 10.4. The standard InChI is InChI=1S/C6H7NO/c1-4-6(8)7(3)5-2/h1,5H,2H2,3H3. The molecule has 0 aliphatic heterocycles. The lowest BCUT2D eigenvalue weighted by atomic mass is 10.6. The van der Waals surface area contributed by atoms with Crippen molar-refractivity contribution >= 4 is 5.91 Å². The normalized spacial score (nSPS) is 7.00. The van der Waals surface area contributed by atoms with Crippen LogP contribution in [-0.2, 0) is 4.79 Å². The Morgan fingerprint density at radius 1 is 2.00 bits per heavy atom. The van der Waals surface area contributed by atoms with Crippen molar-refractivity contribution in [3.8, 4) is 12.3 Å². The van der Waals surface area contributed by atoms with E-state index in [0.29, 0.717) is 0 Å². The lowest BCUT2D eigenvalue weighted by molar-refractivity contribution is -0.121. The summed E-state index contributed by atoms with van der Waals surface area (Å²) >= 11 is 0. The van der Waals surface area contributed by atoms with Crippen LogP contribution >= 0.6 is 0 Å². The van der Waals surface area contributed by atoms with E-state index in [1.165, 1.54) is 11.1 Å². The third-order valence-corrected chi connectivity index (χ3v) is 0.718. The fraction of sp³-hybridized carbons (Fsp3) is 0.167. The van der Waals surface area contributed by atoms with Crippen molar-refractivity contribution < 1.29 is 4.79 Å². The predicted octanol–water partition coefficient (Wildman–Crippen LogP) is 0.222. The number of rotatable bonds is 1. The molecule has 0 N–H and O–H groups in total. The Hall–Kier alpha value is -1.23. The lowest BCUT2D eigenvalue weighted by Gasteiger charge is -2.03. The molecule has 42 valence electrons. The SMILES string of the molecule is C#CC(=O)N(C)C=C. The molecular formula is C6H7NO. The van der Waals surface area contributed by atoms with E-state index < -0.39 is 0 Å². The van der Waals surface area contributed by atoms with Crippen LogP contribution in [0, 0.1) is 12.3 Å². The Balaban J connectivity index is 3.86. The van der Waals surface area contributed by atoms with E-state index in [1.54, 1.807) is 7.05 Å². The number of hydrogen-bond donors (Lipinski definition) is 0. The van der Waals surface area contributed by atoms with E-state index >= 15 is 0 Å². The average Bonchev–Trinajstić information content (AvgIpc) is 1.84. The second-order valence-electron chi connectivity index (χ2n) is 1.24. The predicted molar refractivity (Wildman–Crippen MR) is 31.8 cm³/mol. The molecule has 0 heterocycles.